The zero-order valence-corrected chi connectivity index (χ0v) is 7.30. The van der Waals surface area contributed by atoms with Crippen molar-refractivity contribution in [1.29, 1.82) is 0 Å². The van der Waals surface area contributed by atoms with Gasteiger partial charge in [-0.3, -0.25) is 4.55 Å². The molecule has 7 heteroatoms. The topological polar surface area (TPSA) is 54.4 Å². The van der Waals surface area contributed by atoms with Gasteiger partial charge in [-0.2, -0.15) is 8.42 Å². The minimum atomic E-state index is -4.31. The van der Waals surface area contributed by atoms with Crippen LogP contribution in [-0.2, 0) is 10.1 Å². The molecule has 0 aromatic carbocycles. The molecule has 0 radical (unpaired) electrons. The summed E-state index contributed by atoms with van der Waals surface area (Å²) < 4.78 is 40.7. The van der Waals surface area contributed by atoms with E-state index in [0.717, 1.165) is 0 Å². The van der Waals surface area contributed by atoms with E-state index >= 15 is 0 Å². The van der Waals surface area contributed by atoms with Crippen LogP contribution < -0.4 is 0 Å². The SMILES string of the molecule is O=S(=O)(O)c1cc(F)c(Cl)s1. The molecule has 0 aliphatic heterocycles. The van der Waals surface area contributed by atoms with E-state index in [-0.39, 0.29) is 4.34 Å². The Morgan fingerprint density at radius 2 is 2.18 bits per heavy atom. The summed E-state index contributed by atoms with van der Waals surface area (Å²) in [5.74, 6) is -0.843. The third kappa shape index (κ3) is 1.90. The molecule has 1 aromatic rings. The van der Waals surface area contributed by atoms with Crippen LogP contribution in [0, 0.1) is 5.82 Å². The van der Waals surface area contributed by atoms with E-state index in [2.05, 4.69) is 0 Å². The van der Waals surface area contributed by atoms with Gasteiger partial charge in [-0.05, 0) is 0 Å². The molecule has 0 saturated heterocycles. The summed E-state index contributed by atoms with van der Waals surface area (Å²) in [6.45, 7) is 0. The Morgan fingerprint density at radius 1 is 1.64 bits per heavy atom. The molecular weight excluding hydrogens is 215 g/mol. The molecule has 0 fully saturated rings. The van der Waals surface area contributed by atoms with Crippen LogP contribution in [0.25, 0.3) is 0 Å². The average Bonchev–Trinajstić information content (AvgIpc) is 2.11. The Labute approximate surface area is 71.2 Å². The molecule has 0 aliphatic carbocycles. The highest BCUT2D eigenvalue weighted by atomic mass is 35.5. The van der Waals surface area contributed by atoms with E-state index in [1.807, 2.05) is 0 Å². The van der Waals surface area contributed by atoms with E-state index in [1.54, 1.807) is 0 Å². The molecule has 0 unspecified atom stereocenters. The predicted molar refractivity (Wildman–Crippen MR) is 39.1 cm³/mol. The van der Waals surface area contributed by atoms with Crippen molar-refractivity contribution in [1.82, 2.24) is 0 Å². The molecule has 0 spiro atoms. The summed E-state index contributed by atoms with van der Waals surface area (Å²) in [7, 11) is -4.31. The second-order valence-electron chi connectivity index (χ2n) is 1.66. The highest BCUT2D eigenvalue weighted by Gasteiger charge is 2.16. The molecule has 62 valence electrons. The van der Waals surface area contributed by atoms with Crippen molar-refractivity contribution in [3.05, 3.63) is 16.2 Å². The zero-order chi connectivity index (χ0) is 8.65. The molecule has 0 saturated carbocycles. The monoisotopic (exact) mass is 216 g/mol. The van der Waals surface area contributed by atoms with Gasteiger partial charge in [0.1, 0.15) is 4.34 Å². The average molecular weight is 217 g/mol. The van der Waals surface area contributed by atoms with Gasteiger partial charge >= 0.3 is 10.1 Å². The van der Waals surface area contributed by atoms with E-state index < -0.39 is 20.1 Å². The van der Waals surface area contributed by atoms with Crippen molar-refractivity contribution in [2.75, 3.05) is 0 Å². The summed E-state index contributed by atoms with van der Waals surface area (Å²) >= 11 is 5.68. The van der Waals surface area contributed by atoms with Crippen LogP contribution in [-0.4, -0.2) is 13.0 Å². The second-order valence-corrected chi connectivity index (χ2v) is 4.96. The second kappa shape index (κ2) is 2.71. The standard InChI is InChI=1S/C4H2ClFO3S2/c5-4-2(6)1-3(10-4)11(7,8)9/h1H,(H,7,8,9). The number of hydrogen-bond acceptors (Lipinski definition) is 3. The Morgan fingerprint density at radius 3 is 2.36 bits per heavy atom. The first-order valence-corrected chi connectivity index (χ1v) is 4.97. The predicted octanol–water partition coefficient (Wildman–Crippen LogP) is 1.79. The maximum Gasteiger partial charge on any atom is 0.304 e. The molecule has 1 rings (SSSR count). The third-order valence-corrected chi connectivity index (χ3v) is 3.49. The summed E-state index contributed by atoms with van der Waals surface area (Å²) in [5, 5.41) is 0. The van der Waals surface area contributed by atoms with Gasteiger partial charge in [-0.1, -0.05) is 11.6 Å². The molecule has 1 heterocycles. The lowest BCUT2D eigenvalue weighted by Gasteiger charge is -1.84. The van der Waals surface area contributed by atoms with Crippen LogP contribution in [0.15, 0.2) is 10.3 Å². The number of hydrogen-bond donors (Lipinski definition) is 1. The van der Waals surface area contributed by atoms with Gasteiger partial charge in [0, 0.05) is 6.07 Å². The van der Waals surface area contributed by atoms with Crippen LogP contribution in [0.5, 0.6) is 0 Å². The van der Waals surface area contributed by atoms with Gasteiger partial charge in [0.15, 0.2) is 10.0 Å². The minimum Gasteiger partial charge on any atom is -0.281 e. The van der Waals surface area contributed by atoms with Gasteiger partial charge in [0.2, 0.25) is 0 Å². The zero-order valence-electron chi connectivity index (χ0n) is 4.91. The van der Waals surface area contributed by atoms with Crippen LogP contribution in [0.2, 0.25) is 4.34 Å². The summed E-state index contributed by atoms with van der Waals surface area (Å²) in [4.78, 5) is 0. The summed E-state index contributed by atoms with van der Waals surface area (Å²) in [6, 6.07) is 0.669. The fraction of sp³-hybridized carbons (Fsp3) is 0. The highest BCUT2D eigenvalue weighted by molar-refractivity contribution is 7.88. The molecule has 3 nitrogen and oxygen atoms in total. The Kier molecular flexibility index (Phi) is 2.19. The largest absolute Gasteiger partial charge is 0.304 e. The molecule has 1 aromatic heterocycles. The molecule has 0 amide bonds. The van der Waals surface area contributed by atoms with Gasteiger partial charge in [-0.15, -0.1) is 11.3 Å². The van der Waals surface area contributed by atoms with Gasteiger partial charge in [0.25, 0.3) is 0 Å². The normalized spacial score (nSPS) is 11.9. The van der Waals surface area contributed by atoms with Gasteiger partial charge < -0.3 is 0 Å². The minimum absolute atomic E-state index is 0.280. The van der Waals surface area contributed by atoms with Crippen molar-refractivity contribution in [2.24, 2.45) is 0 Å². The third-order valence-electron chi connectivity index (χ3n) is 0.877. The number of thiophene rings is 1. The van der Waals surface area contributed by atoms with E-state index in [9.17, 15) is 12.8 Å². The van der Waals surface area contributed by atoms with Crippen molar-refractivity contribution in [3.8, 4) is 0 Å². The quantitative estimate of drug-likeness (QED) is 0.729. The Hall–Kier alpha value is -0.170. The summed E-state index contributed by atoms with van der Waals surface area (Å²) in [6.07, 6.45) is 0. The van der Waals surface area contributed by atoms with Crippen molar-refractivity contribution >= 4 is 33.1 Å². The number of halogens is 2. The lowest BCUT2D eigenvalue weighted by Crippen LogP contribution is -1.93. The van der Waals surface area contributed by atoms with Crippen LogP contribution in [0.3, 0.4) is 0 Å². The lowest BCUT2D eigenvalue weighted by atomic mass is 10.6. The number of rotatable bonds is 1. The fourth-order valence-corrected chi connectivity index (χ4v) is 2.31. The molecular formula is C4H2ClFO3S2. The Bertz CT molecular complexity index is 349. The lowest BCUT2D eigenvalue weighted by molar-refractivity contribution is 0.485. The summed E-state index contributed by atoms with van der Waals surface area (Å²) in [5.41, 5.74) is 0. The first-order valence-electron chi connectivity index (χ1n) is 2.33. The van der Waals surface area contributed by atoms with Gasteiger partial charge in [0.05, 0.1) is 0 Å². The van der Waals surface area contributed by atoms with E-state index in [4.69, 9.17) is 16.2 Å². The van der Waals surface area contributed by atoms with E-state index in [0.29, 0.717) is 17.4 Å². The van der Waals surface area contributed by atoms with Gasteiger partial charge in [-0.25, -0.2) is 4.39 Å². The fourth-order valence-electron chi connectivity index (χ4n) is 0.454. The Balaban J connectivity index is 3.29. The van der Waals surface area contributed by atoms with E-state index in [1.165, 1.54) is 0 Å². The maximum absolute atomic E-state index is 12.4. The molecule has 0 aliphatic rings. The molecule has 0 bridgehead atoms. The van der Waals surface area contributed by atoms with Crippen molar-refractivity contribution < 1.29 is 17.4 Å². The maximum atomic E-state index is 12.4. The smallest absolute Gasteiger partial charge is 0.281 e. The molecule has 0 atom stereocenters. The van der Waals surface area contributed by atoms with Crippen molar-refractivity contribution in [3.63, 3.8) is 0 Å². The van der Waals surface area contributed by atoms with Crippen LogP contribution in [0.1, 0.15) is 0 Å². The first-order chi connectivity index (χ1) is 4.91. The highest BCUT2D eigenvalue weighted by Crippen LogP contribution is 2.28. The first kappa shape index (κ1) is 8.92. The van der Waals surface area contributed by atoms with Crippen molar-refractivity contribution in [2.45, 2.75) is 4.21 Å². The molecule has 1 N–H and O–H groups in total. The molecule has 11 heavy (non-hydrogen) atoms. The van der Waals surface area contributed by atoms with Crippen LogP contribution in [0.4, 0.5) is 4.39 Å². The van der Waals surface area contributed by atoms with Crippen LogP contribution >= 0.6 is 22.9 Å².